The van der Waals surface area contributed by atoms with Gasteiger partial charge in [0.05, 0.1) is 5.69 Å². The number of nitrogens with one attached hydrogen (secondary N) is 1. The minimum atomic E-state index is -0.0841. The van der Waals surface area contributed by atoms with Gasteiger partial charge in [-0.25, -0.2) is 0 Å². The number of hydrogen-bond donors (Lipinski definition) is 2. The molecule has 2 heterocycles. The molecule has 0 saturated carbocycles. The van der Waals surface area contributed by atoms with Crippen LogP contribution in [-0.2, 0) is 0 Å². The van der Waals surface area contributed by atoms with Crippen LogP contribution in [0.3, 0.4) is 0 Å². The van der Waals surface area contributed by atoms with E-state index in [9.17, 15) is 0 Å². The molecule has 0 fully saturated rings. The molecule has 100 valence electrons. The molecule has 0 aliphatic carbocycles. The number of pyridine rings is 1. The second-order valence-electron chi connectivity index (χ2n) is 5.09. The van der Waals surface area contributed by atoms with Crippen LogP contribution in [0.15, 0.2) is 36.7 Å². The van der Waals surface area contributed by atoms with E-state index in [1.807, 2.05) is 24.3 Å². The molecule has 0 spiro atoms. The molecule has 5 heteroatoms. The highest BCUT2D eigenvalue weighted by atomic mass is 15.2. The third-order valence-electron chi connectivity index (χ3n) is 2.86. The largest absolute Gasteiger partial charge is 0.364 e. The molecule has 0 radical (unpaired) electrons. The lowest BCUT2D eigenvalue weighted by Gasteiger charge is -2.25. The van der Waals surface area contributed by atoms with Crippen LogP contribution < -0.4 is 11.1 Å². The Morgan fingerprint density at radius 1 is 1.21 bits per heavy atom. The summed E-state index contributed by atoms with van der Waals surface area (Å²) in [6.45, 7) is 4.83. The van der Waals surface area contributed by atoms with Crippen LogP contribution in [0.1, 0.15) is 20.3 Å². The zero-order valence-electron chi connectivity index (χ0n) is 11.3. The van der Waals surface area contributed by atoms with Gasteiger partial charge in [-0.1, -0.05) is 0 Å². The predicted molar refractivity (Wildman–Crippen MR) is 76.6 cm³/mol. The van der Waals surface area contributed by atoms with Gasteiger partial charge >= 0.3 is 0 Å². The maximum atomic E-state index is 5.59. The molecule has 2 aromatic rings. The molecule has 19 heavy (non-hydrogen) atoms. The van der Waals surface area contributed by atoms with Gasteiger partial charge in [0.1, 0.15) is 5.82 Å². The maximum Gasteiger partial charge on any atom is 0.149 e. The third kappa shape index (κ3) is 3.72. The minimum Gasteiger partial charge on any atom is -0.364 e. The Hall–Kier alpha value is -2.01. The Bertz CT molecular complexity index is 507. The van der Waals surface area contributed by atoms with Crippen LogP contribution in [0, 0.1) is 0 Å². The van der Waals surface area contributed by atoms with E-state index < -0.39 is 0 Å². The van der Waals surface area contributed by atoms with E-state index in [2.05, 4.69) is 34.3 Å². The Morgan fingerprint density at radius 2 is 2.05 bits per heavy atom. The van der Waals surface area contributed by atoms with E-state index in [1.54, 1.807) is 12.4 Å². The van der Waals surface area contributed by atoms with Gasteiger partial charge in [-0.15, -0.1) is 10.2 Å². The zero-order valence-corrected chi connectivity index (χ0v) is 11.3. The van der Waals surface area contributed by atoms with E-state index in [0.29, 0.717) is 6.54 Å². The SMILES string of the molecule is CC(C)(CCN)Nc1ccc(-c2cccnc2)nn1. The van der Waals surface area contributed by atoms with Gasteiger partial charge in [-0.3, -0.25) is 4.98 Å². The lowest BCUT2D eigenvalue weighted by molar-refractivity contribution is 0.523. The summed E-state index contributed by atoms with van der Waals surface area (Å²) in [7, 11) is 0. The minimum absolute atomic E-state index is 0.0841. The highest BCUT2D eigenvalue weighted by Gasteiger charge is 2.16. The van der Waals surface area contributed by atoms with Crippen molar-refractivity contribution in [2.24, 2.45) is 5.73 Å². The third-order valence-corrected chi connectivity index (χ3v) is 2.86. The monoisotopic (exact) mass is 257 g/mol. The summed E-state index contributed by atoms with van der Waals surface area (Å²) in [5.41, 5.74) is 7.28. The fourth-order valence-corrected chi connectivity index (χ4v) is 1.84. The van der Waals surface area contributed by atoms with E-state index in [4.69, 9.17) is 5.73 Å². The molecule has 0 saturated heterocycles. The number of hydrogen-bond acceptors (Lipinski definition) is 5. The molecule has 2 aromatic heterocycles. The van der Waals surface area contributed by atoms with Crippen molar-refractivity contribution >= 4 is 5.82 Å². The van der Waals surface area contributed by atoms with Crippen molar-refractivity contribution in [1.82, 2.24) is 15.2 Å². The number of anilines is 1. The van der Waals surface area contributed by atoms with E-state index in [1.165, 1.54) is 0 Å². The van der Waals surface area contributed by atoms with E-state index >= 15 is 0 Å². The standard InChI is InChI=1S/C14H19N5/c1-14(2,7-8-15)17-13-6-5-12(18-19-13)11-4-3-9-16-10-11/h3-6,9-10H,7-8,15H2,1-2H3,(H,17,19). The molecule has 0 unspecified atom stereocenters. The quantitative estimate of drug-likeness (QED) is 0.857. The molecule has 0 atom stereocenters. The van der Waals surface area contributed by atoms with Crippen molar-refractivity contribution in [3.05, 3.63) is 36.7 Å². The van der Waals surface area contributed by atoms with Crippen LogP contribution >= 0.6 is 0 Å². The van der Waals surface area contributed by atoms with Gasteiger partial charge in [0.25, 0.3) is 0 Å². The van der Waals surface area contributed by atoms with Crippen LogP contribution in [0.5, 0.6) is 0 Å². The first-order valence-electron chi connectivity index (χ1n) is 6.33. The second kappa shape index (κ2) is 5.75. The molecular weight excluding hydrogens is 238 g/mol. The predicted octanol–water partition coefficient (Wildman–Crippen LogP) is 2.08. The van der Waals surface area contributed by atoms with Gasteiger partial charge in [-0.05, 0) is 51.1 Å². The van der Waals surface area contributed by atoms with Crippen LogP contribution in [0.25, 0.3) is 11.3 Å². The topological polar surface area (TPSA) is 76.7 Å². The highest BCUT2D eigenvalue weighted by Crippen LogP contribution is 2.18. The number of nitrogens with zero attached hydrogens (tertiary/aromatic N) is 3. The van der Waals surface area contributed by atoms with Gasteiger partial charge < -0.3 is 11.1 Å². The van der Waals surface area contributed by atoms with Crippen molar-refractivity contribution in [1.29, 1.82) is 0 Å². The van der Waals surface area contributed by atoms with Crippen molar-refractivity contribution in [2.75, 3.05) is 11.9 Å². The highest BCUT2D eigenvalue weighted by molar-refractivity contribution is 5.58. The summed E-state index contributed by atoms with van der Waals surface area (Å²) in [6, 6.07) is 7.70. The molecule has 0 aliphatic heterocycles. The number of aromatic nitrogens is 3. The summed E-state index contributed by atoms with van der Waals surface area (Å²) in [6.07, 6.45) is 4.39. The van der Waals surface area contributed by atoms with Crippen LogP contribution in [0.2, 0.25) is 0 Å². The summed E-state index contributed by atoms with van der Waals surface area (Å²) >= 11 is 0. The smallest absolute Gasteiger partial charge is 0.149 e. The molecule has 5 nitrogen and oxygen atoms in total. The van der Waals surface area contributed by atoms with Gasteiger partial charge in [0.15, 0.2) is 0 Å². The van der Waals surface area contributed by atoms with Gasteiger partial charge in [0, 0.05) is 23.5 Å². The first-order chi connectivity index (χ1) is 9.11. The molecule has 0 bridgehead atoms. The summed E-state index contributed by atoms with van der Waals surface area (Å²) in [5.74, 6) is 0.756. The summed E-state index contributed by atoms with van der Waals surface area (Å²) in [5, 5.41) is 11.7. The molecular formula is C14H19N5. The number of nitrogens with two attached hydrogens (primary N) is 1. The van der Waals surface area contributed by atoms with Crippen LogP contribution in [0.4, 0.5) is 5.82 Å². The number of rotatable bonds is 5. The molecule has 3 N–H and O–H groups in total. The van der Waals surface area contributed by atoms with Gasteiger partial charge in [0.2, 0.25) is 0 Å². The van der Waals surface area contributed by atoms with Gasteiger partial charge in [-0.2, -0.15) is 0 Å². The first-order valence-corrected chi connectivity index (χ1v) is 6.33. The average molecular weight is 257 g/mol. The molecule has 0 amide bonds. The van der Waals surface area contributed by atoms with Crippen molar-refractivity contribution < 1.29 is 0 Å². The lowest BCUT2D eigenvalue weighted by Crippen LogP contribution is -2.33. The molecule has 0 aliphatic rings. The normalized spacial score (nSPS) is 11.3. The Morgan fingerprint density at radius 3 is 2.63 bits per heavy atom. The fraction of sp³-hybridized carbons (Fsp3) is 0.357. The zero-order chi connectivity index (χ0) is 13.7. The first kappa shape index (κ1) is 13.4. The van der Waals surface area contributed by atoms with Crippen molar-refractivity contribution in [3.8, 4) is 11.3 Å². The second-order valence-corrected chi connectivity index (χ2v) is 5.09. The van der Waals surface area contributed by atoms with E-state index in [-0.39, 0.29) is 5.54 Å². The Balaban J connectivity index is 2.11. The summed E-state index contributed by atoms with van der Waals surface area (Å²) < 4.78 is 0. The maximum absolute atomic E-state index is 5.59. The molecule has 2 rings (SSSR count). The fourth-order valence-electron chi connectivity index (χ4n) is 1.84. The Labute approximate surface area is 113 Å². The van der Waals surface area contributed by atoms with Crippen molar-refractivity contribution in [2.45, 2.75) is 25.8 Å². The Kier molecular flexibility index (Phi) is 4.06. The van der Waals surface area contributed by atoms with Crippen LogP contribution in [-0.4, -0.2) is 27.3 Å². The molecule has 0 aromatic carbocycles. The lowest BCUT2D eigenvalue weighted by atomic mass is 10.0. The summed E-state index contributed by atoms with van der Waals surface area (Å²) in [4.78, 5) is 4.07. The average Bonchev–Trinajstić information content (AvgIpc) is 2.40. The van der Waals surface area contributed by atoms with Crippen molar-refractivity contribution in [3.63, 3.8) is 0 Å². The van der Waals surface area contributed by atoms with E-state index in [0.717, 1.165) is 23.5 Å².